The summed E-state index contributed by atoms with van der Waals surface area (Å²) >= 11 is 7.92. The fourth-order valence-electron chi connectivity index (χ4n) is 3.58. The summed E-state index contributed by atoms with van der Waals surface area (Å²) < 4.78 is 1.80. The van der Waals surface area contributed by atoms with E-state index in [1.54, 1.807) is 16.4 Å². The van der Waals surface area contributed by atoms with Gasteiger partial charge in [-0.25, -0.2) is 0 Å². The number of fused-ring (bicyclic) bond motifs is 3. The summed E-state index contributed by atoms with van der Waals surface area (Å²) in [5.41, 5.74) is 4.81. The molecule has 0 unspecified atom stereocenters. The lowest BCUT2D eigenvalue weighted by Crippen LogP contribution is -2.33. The zero-order valence-corrected chi connectivity index (χ0v) is 17.5. The highest BCUT2D eigenvalue weighted by molar-refractivity contribution is 7.98. The van der Waals surface area contributed by atoms with Gasteiger partial charge in [0.25, 0.3) is 5.91 Å². The molecule has 1 amide bonds. The largest absolute Gasteiger partial charge is 0.348 e. The van der Waals surface area contributed by atoms with E-state index in [0.29, 0.717) is 10.7 Å². The third-order valence-electron chi connectivity index (χ3n) is 5.02. The summed E-state index contributed by atoms with van der Waals surface area (Å²) in [5.74, 6) is 0.627. The highest BCUT2D eigenvalue weighted by Gasteiger charge is 2.28. The summed E-state index contributed by atoms with van der Waals surface area (Å²) in [6.07, 6.45) is 1.82. The molecule has 6 heteroatoms. The number of carbonyl (C=O) groups excluding carboxylic acids is 1. The average Bonchev–Trinajstić information content (AvgIpc) is 3.04. The molecule has 3 aromatic rings. The van der Waals surface area contributed by atoms with Crippen molar-refractivity contribution in [3.8, 4) is 11.3 Å². The minimum absolute atomic E-state index is 0.0725. The van der Waals surface area contributed by atoms with Crippen LogP contribution in [0.4, 0.5) is 0 Å². The molecule has 2 aromatic carbocycles. The van der Waals surface area contributed by atoms with Gasteiger partial charge >= 0.3 is 0 Å². The Morgan fingerprint density at radius 2 is 2.07 bits per heavy atom. The molecule has 144 valence electrons. The molecule has 0 radical (unpaired) electrons. The van der Waals surface area contributed by atoms with E-state index in [9.17, 15) is 4.79 Å². The van der Waals surface area contributed by atoms with E-state index in [0.717, 1.165) is 35.4 Å². The van der Waals surface area contributed by atoms with Gasteiger partial charge in [0.1, 0.15) is 0 Å². The predicted molar refractivity (Wildman–Crippen MR) is 115 cm³/mol. The lowest BCUT2D eigenvalue weighted by molar-refractivity contribution is 0.0932. The van der Waals surface area contributed by atoms with Crippen LogP contribution in [0, 0.1) is 0 Å². The van der Waals surface area contributed by atoms with Gasteiger partial charge in [-0.3, -0.25) is 9.48 Å². The maximum absolute atomic E-state index is 12.9. The molecule has 0 saturated heterocycles. The number of aromatic nitrogens is 2. The van der Waals surface area contributed by atoms with E-state index in [1.165, 1.54) is 10.5 Å². The molecule has 0 spiro atoms. The van der Waals surface area contributed by atoms with Gasteiger partial charge in [0.05, 0.1) is 5.69 Å². The third-order valence-corrected chi connectivity index (χ3v) is 6.35. The van der Waals surface area contributed by atoms with Crippen molar-refractivity contribution in [1.82, 2.24) is 15.1 Å². The maximum atomic E-state index is 12.9. The van der Waals surface area contributed by atoms with Crippen LogP contribution < -0.4 is 5.32 Å². The van der Waals surface area contributed by atoms with Crippen LogP contribution in [0.1, 0.15) is 35.0 Å². The topological polar surface area (TPSA) is 46.9 Å². The second-order valence-electron chi connectivity index (χ2n) is 7.13. The number of benzene rings is 2. The Balaban J connectivity index is 1.51. The molecule has 0 fully saturated rings. The van der Waals surface area contributed by atoms with Crippen molar-refractivity contribution < 1.29 is 4.79 Å². The first-order chi connectivity index (χ1) is 13.5. The van der Waals surface area contributed by atoms with Crippen LogP contribution in [0.3, 0.4) is 0 Å². The SMILES string of the molecule is C[C@@H](CCc1ccccc1)NC(=O)c1nn(C)c2c1CSc1ccc(Cl)cc1-2. The monoisotopic (exact) mass is 411 g/mol. The number of hydrogen-bond acceptors (Lipinski definition) is 3. The second kappa shape index (κ2) is 8.02. The Bertz CT molecular complexity index is 1020. The summed E-state index contributed by atoms with van der Waals surface area (Å²) in [4.78, 5) is 14.1. The van der Waals surface area contributed by atoms with Crippen LogP contribution in [0.15, 0.2) is 53.4 Å². The van der Waals surface area contributed by atoms with Gasteiger partial charge in [-0.15, -0.1) is 11.8 Å². The lowest BCUT2D eigenvalue weighted by atomic mass is 10.0. The molecular formula is C22H22ClN3OS. The van der Waals surface area contributed by atoms with Gasteiger partial charge in [-0.1, -0.05) is 41.9 Å². The Hall–Kier alpha value is -2.24. The molecule has 1 aliphatic heterocycles. The first-order valence-corrected chi connectivity index (χ1v) is 10.7. The van der Waals surface area contributed by atoms with Crippen molar-refractivity contribution in [2.24, 2.45) is 7.05 Å². The number of nitrogens with one attached hydrogen (secondary N) is 1. The first kappa shape index (κ1) is 19.1. The second-order valence-corrected chi connectivity index (χ2v) is 8.58. The van der Waals surface area contributed by atoms with Gasteiger partial charge < -0.3 is 5.32 Å². The van der Waals surface area contributed by atoms with Gasteiger partial charge in [-0.05, 0) is 43.5 Å². The smallest absolute Gasteiger partial charge is 0.272 e. The fraction of sp³-hybridized carbons (Fsp3) is 0.273. The number of rotatable bonds is 5. The van der Waals surface area contributed by atoms with Crippen molar-refractivity contribution >= 4 is 29.3 Å². The zero-order chi connectivity index (χ0) is 19.7. The quantitative estimate of drug-likeness (QED) is 0.635. The molecule has 4 nitrogen and oxygen atoms in total. The molecule has 2 heterocycles. The molecule has 4 rings (SSSR count). The number of nitrogens with zero attached hydrogens (tertiary/aromatic N) is 2. The molecule has 1 aliphatic rings. The van der Waals surface area contributed by atoms with Gasteiger partial charge in [-0.2, -0.15) is 5.10 Å². The van der Waals surface area contributed by atoms with Crippen LogP contribution >= 0.6 is 23.4 Å². The first-order valence-electron chi connectivity index (χ1n) is 9.36. The Kier molecular flexibility index (Phi) is 5.47. The van der Waals surface area contributed by atoms with E-state index in [4.69, 9.17) is 11.6 Å². The fourth-order valence-corrected chi connectivity index (χ4v) is 4.80. The molecule has 1 N–H and O–H groups in total. The highest BCUT2D eigenvalue weighted by atomic mass is 35.5. The zero-order valence-electron chi connectivity index (χ0n) is 15.9. The molecule has 0 bridgehead atoms. The van der Waals surface area contributed by atoms with E-state index >= 15 is 0 Å². The van der Waals surface area contributed by atoms with E-state index in [1.807, 2.05) is 50.4 Å². The normalized spacial score (nSPS) is 13.5. The Morgan fingerprint density at radius 1 is 1.29 bits per heavy atom. The molecule has 0 aliphatic carbocycles. The van der Waals surface area contributed by atoms with Crippen LogP contribution in [-0.2, 0) is 19.2 Å². The van der Waals surface area contributed by atoms with Crippen molar-refractivity contribution in [3.05, 3.63) is 70.4 Å². The maximum Gasteiger partial charge on any atom is 0.272 e. The van der Waals surface area contributed by atoms with Gasteiger partial charge in [0, 0.05) is 39.9 Å². The summed E-state index contributed by atoms with van der Waals surface area (Å²) in [5, 5.41) is 8.34. The van der Waals surface area contributed by atoms with Crippen molar-refractivity contribution in [1.29, 1.82) is 0 Å². The molecular weight excluding hydrogens is 390 g/mol. The minimum Gasteiger partial charge on any atom is -0.348 e. The highest BCUT2D eigenvalue weighted by Crippen LogP contribution is 2.43. The van der Waals surface area contributed by atoms with Crippen LogP contribution in [0.5, 0.6) is 0 Å². The van der Waals surface area contributed by atoms with Crippen molar-refractivity contribution in [2.75, 3.05) is 0 Å². The van der Waals surface area contributed by atoms with Crippen LogP contribution in [-0.4, -0.2) is 21.7 Å². The Labute approximate surface area is 174 Å². The minimum atomic E-state index is -0.108. The number of aryl methyl sites for hydroxylation is 2. The van der Waals surface area contributed by atoms with Crippen molar-refractivity contribution in [2.45, 2.75) is 36.5 Å². The van der Waals surface area contributed by atoms with Crippen molar-refractivity contribution in [3.63, 3.8) is 0 Å². The number of halogens is 1. The number of carbonyl (C=O) groups is 1. The van der Waals surface area contributed by atoms with Gasteiger partial charge in [0.15, 0.2) is 5.69 Å². The Morgan fingerprint density at radius 3 is 2.86 bits per heavy atom. The summed E-state index contributed by atoms with van der Waals surface area (Å²) in [6, 6.07) is 16.3. The van der Waals surface area contributed by atoms with Crippen LogP contribution in [0.2, 0.25) is 5.02 Å². The molecule has 0 saturated carbocycles. The molecule has 28 heavy (non-hydrogen) atoms. The summed E-state index contributed by atoms with van der Waals surface area (Å²) in [7, 11) is 1.88. The van der Waals surface area contributed by atoms with Gasteiger partial charge in [0.2, 0.25) is 0 Å². The molecule has 1 aromatic heterocycles. The van der Waals surface area contributed by atoms with E-state index in [-0.39, 0.29) is 11.9 Å². The number of amides is 1. The lowest BCUT2D eigenvalue weighted by Gasteiger charge is -2.18. The van der Waals surface area contributed by atoms with E-state index < -0.39 is 0 Å². The predicted octanol–water partition coefficient (Wildman–Crippen LogP) is 5.10. The van der Waals surface area contributed by atoms with Crippen LogP contribution in [0.25, 0.3) is 11.3 Å². The molecule has 1 atom stereocenters. The number of hydrogen-bond donors (Lipinski definition) is 1. The number of thioether (sulfide) groups is 1. The van der Waals surface area contributed by atoms with E-state index in [2.05, 4.69) is 22.5 Å². The third kappa shape index (κ3) is 3.82. The standard InChI is InChI=1S/C22H22ClN3OS/c1-14(8-9-15-6-4-3-5-7-15)24-22(27)20-18-13-28-19-11-10-16(23)12-17(19)21(18)26(2)25-20/h3-7,10-12,14H,8-9,13H2,1-2H3,(H,24,27)/t14-/m0/s1. The summed E-state index contributed by atoms with van der Waals surface area (Å²) in [6.45, 7) is 2.04. The average molecular weight is 412 g/mol.